The van der Waals surface area contributed by atoms with Crippen molar-refractivity contribution >= 4 is 12.0 Å². The van der Waals surface area contributed by atoms with Gasteiger partial charge in [0.2, 0.25) is 5.91 Å². The van der Waals surface area contributed by atoms with E-state index in [0.717, 1.165) is 25.7 Å². The van der Waals surface area contributed by atoms with Gasteiger partial charge in [0.25, 0.3) is 0 Å². The molecule has 0 N–H and O–H groups in total. The summed E-state index contributed by atoms with van der Waals surface area (Å²) in [5.74, 6) is -1.49. The van der Waals surface area contributed by atoms with Gasteiger partial charge in [-0.05, 0) is 44.9 Å². The molecular formula is C17H21F2NO. The van der Waals surface area contributed by atoms with E-state index in [1.54, 1.807) is 0 Å². The lowest BCUT2D eigenvalue weighted by Gasteiger charge is -2.31. The van der Waals surface area contributed by atoms with Gasteiger partial charge in [-0.15, -0.1) is 0 Å². The molecule has 4 heteroatoms. The van der Waals surface area contributed by atoms with Crippen LogP contribution in [0.15, 0.2) is 24.3 Å². The van der Waals surface area contributed by atoms with Crippen LogP contribution in [-0.4, -0.2) is 22.9 Å². The zero-order valence-corrected chi connectivity index (χ0v) is 12.5. The fourth-order valence-electron chi connectivity index (χ4n) is 2.95. The molecule has 1 aromatic rings. The van der Waals surface area contributed by atoms with Crippen molar-refractivity contribution < 1.29 is 13.6 Å². The third-order valence-electron chi connectivity index (χ3n) is 3.92. The maximum Gasteiger partial charge on any atom is 0.247 e. The van der Waals surface area contributed by atoms with Crippen LogP contribution in [-0.2, 0) is 4.79 Å². The highest BCUT2D eigenvalue weighted by atomic mass is 19.1. The van der Waals surface area contributed by atoms with Crippen LogP contribution in [0.1, 0.15) is 45.1 Å². The van der Waals surface area contributed by atoms with Gasteiger partial charge in [-0.3, -0.25) is 4.79 Å². The third kappa shape index (κ3) is 3.69. The summed E-state index contributed by atoms with van der Waals surface area (Å²) in [6.45, 7) is 3.93. The Morgan fingerprint density at radius 3 is 2.33 bits per heavy atom. The first-order valence-electron chi connectivity index (χ1n) is 7.45. The monoisotopic (exact) mass is 293 g/mol. The quantitative estimate of drug-likeness (QED) is 0.763. The lowest BCUT2D eigenvalue weighted by Crippen LogP contribution is -2.42. The van der Waals surface area contributed by atoms with Crippen LogP contribution < -0.4 is 0 Å². The molecule has 114 valence electrons. The Kier molecular flexibility index (Phi) is 5.10. The first kappa shape index (κ1) is 15.7. The Morgan fingerprint density at radius 2 is 1.81 bits per heavy atom. The molecule has 0 aliphatic heterocycles. The lowest BCUT2D eigenvalue weighted by molar-refractivity contribution is -0.130. The average Bonchev–Trinajstić information content (AvgIpc) is 2.91. The molecule has 0 bridgehead atoms. The highest BCUT2D eigenvalue weighted by molar-refractivity contribution is 5.92. The van der Waals surface area contributed by atoms with Gasteiger partial charge in [-0.2, -0.15) is 0 Å². The van der Waals surface area contributed by atoms with Crippen molar-refractivity contribution in [3.63, 3.8) is 0 Å². The second-order valence-corrected chi connectivity index (χ2v) is 5.75. The molecular weight excluding hydrogens is 272 g/mol. The second-order valence-electron chi connectivity index (χ2n) is 5.75. The van der Waals surface area contributed by atoms with Crippen molar-refractivity contribution in [2.45, 2.75) is 51.6 Å². The number of halogens is 2. The van der Waals surface area contributed by atoms with Gasteiger partial charge in [-0.1, -0.05) is 18.9 Å². The van der Waals surface area contributed by atoms with E-state index in [2.05, 4.69) is 0 Å². The van der Waals surface area contributed by atoms with E-state index in [0.29, 0.717) is 0 Å². The van der Waals surface area contributed by atoms with Crippen LogP contribution in [0, 0.1) is 11.6 Å². The molecule has 0 unspecified atom stereocenters. The summed E-state index contributed by atoms with van der Waals surface area (Å²) in [4.78, 5) is 14.2. The van der Waals surface area contributed by atoms with Crippen molar-refractivity contribution in [3.8, 4) is 0 Å². The largest absolute Gasteiger partial charge is 0.334 e. The summed E-state index contributed by atoms with van der Waals surface area (Å²) in [5.41, 5.74) is -0.166. The Bertz CT molecular complexity index is 513. The van der Waals surface area contributed by atoms with E-state index in [4.69, 9.17) is 0 Å². The number of carbonyl (C=O) groups excluding carboxylic acids is 1. The van der Waals surface area contributed by atoms with E-state index in [1.165, 1.54) is 30.4 Å². The molecule has 21 heavy (non-hydrogen) atoms. The van der Waals surface area contributed by atoms with Crippen molar-refractivity contribution in [1.29, 1.82) is 0 Å². The number of hydrogen-bond acceptors (Lipinski definition) is 1. The summed E-state index contributed by atoms with van der Waals surface area (Å²) in [5, 5.41) is 0. The zero-order valence-electron chi connectivity index (χ0n) is 12.5. The van der Waals surface area contributed by atoms with Gasteiger partial charge in [0.1, 0.15) is 11.6 Å². The van der Waals surface area contributed by atoms with Gasteiger partial charge in [-0.25, -0.2) is 8.78 Å². The van der Waals surface area contributed by atoms with Crippen molar-refractivity contribution in [2.24, 2.45) is 0 Å². The van der Waals surface area contributed by atoms with Crippen LogP contribution in [0.25, 0.3) is 6.08 Å². The molecule has 1 fully saturated rings. The SMILES string of the molecule is CC(C)N(C(=O)/C=C/c1c(F)cccc1F)C1CCCC1. The fraction of sp³-hybridized carbons (Fsp3) is 0.471. The van der Waals surface area contributed by atoms with Crippen molar-refractivity contribution in [1.82, 2.24) is 4.90 Å². The van der Waals surface area contributed by atoms with Crippen LogP contribution in [0.4, 0.5) is 8.78 Å². The second kappa shape index (κ2) is 6.83. The number of benzene rings is 1. The van der Waals surface area contributed by atoms with Gasteiger partial charge in [0, 0.05) is 23.7 Å². The van der Waals surface area contributed by atoms with Crippen LogP contribution >= 0.6 is 0 Å². The molecule has 0 spiro atoms. The van der Waals surface area contributed by atoms with Gasteiger partial charge in [0.15, 0.2) is 0 Å². The smallest absolute Gasteiger partial charge is 0.247 e. The maximum atomic E-state index is 13.5. The number of rotatable bonds is 4. The first-order chi connectivity index (χ1) is 10.0. The normalized spacial score (nSPS) is 16.0. The average molecular weight is 293 g/mol. The van der Waals surface area contributed by atoms with Crippen LogP contribution in [0.5, 0.6) is 0 Å². The summed E-state index contributed by atoms with van der Waals surface area (Å²) >= 11 is 0. The highest BCUT2D eigenvalue weighted by Crippen LogP contribution is 2.25. The van der Waals surface area contributed by atoms with Crippen molar-refractivity contribution in [3.05, 3.63) is 41.5 Å². The minimum Gasteiger partial charge on any atom is -0.334 e. The molecule has 0 saturated heterocycles. The van der Waals surface area contributed by atoms with E-state index < -0.39 is 11.6 Å². The molecule has 1 aliphatic carbocycles. The van der Waals surface area contributed by atoms with E-state index >= 15 is 0 Å². The van der Waals surface area contributed by atoms with E-state index in [-0.39, 0.29) is 23.6 Å². The Hall–Kier alpha value is -1.71. The number of carbonyl (C=O) groups is 1. The Morgan fingerprint density at radius 1 is 1.24 bits per heavy atom. The zero-order chi connectivity index (χ0) is 15.4. The predicted molar refractivity (Wildman–Crippen MR) is 79.6 cm³/mol. The minimum absolute atomic E-state index is 0.0794. The molecule has 1 amide bonds. The van der Waals surface area contributed by atoms with Gasteiger partial charge in [0.05, 0.1) is 0 Å². The highest BCUT2D eigenvalue weighted by Gasteiger charge is 2.27. The molecule has 1 aromatic carbocycles. The number of hydrogen-bond donors (Lipinski definition) is 0. The van der Waals surface area contributed by atoms with E-state index in [9.17, 15) is 13.6 Å². The number of amides is 1. The van der Waals surface area contributed by atoms with Crippen molar-refractivity contribution in [2.75, 3.05) is 0 Å². The predicted octanol–water partition coefficient (Wildman–Crippen LogP) is 4.16. The molecule has 2 nitrogen and oxygen atoms in total. The summed E-state index contributed by atoms with van der Waals surface area (Å²) in [6.07, 6.45) is 6.79. The summed E-state index contributed by atoms with van der Waals surface area (Å²) in [6, 6.07) is 4.00. The fourth-order valence-corrected chi connectivity index (χ4v) is 2.95. The van der Waals surface area contributed by atoms with Gasteiger partial charge >= 0.3 is 0 Å². The van der Waals surface area contributed by atoms with Crippen LogP contribution in [0.2, 0.25) is 0 Å². The molecule has 2 rings (SSSR count). The summed E-state index contributed by atoms with van der Waals surface area (Å²) < 4.78 is 27.1. The molecule has 0 heterocycles. The molecule has 0 atom stereocenters. The van der Waals surface area contributed by atoms with E-state index in [1.807, 2.05) is 18.7 Å². The first-order valence-corrected chi connectivity index (χ1v) is 7.45. The Balaban J connectivity index is 2.16. The van der Waals surface area contributed by atoms with Crippen LogP contribution in [0.3, 0.4) is 0 Å². The molecule has 0 radical (unpaired) electrons. The lowest BCUT2D eigenvalue weighted by atomic mass is 10.1. The minimum atomic E-state index is -0.656. The molecule has 0 aromatic heterocycles. The Labute approximate surface area is 124 Å². The molecule has 1 saturated carbocycles. The topological polar surface area (TPSA) is 20.3 Å². The van der Waals surface area contributed by atoms with Gasteiger partial charge < -0.3 is 4.90 Å². The molecule has 1 aliphatic rings. The summed E-state index contributed by atoms with van der Waals surface area (Å²) in [7, 11) is 0. The third-order valence-corrected chi connectivity index (χ3v) is 3.92. The number of nitrogens with zero attached hydrogens (tertiary/aromatic N) is 1. The maximum absolute atomic E-state index is 13.5. The standard InChI is InChI=1S/C17H21F2NO/c1-12(2)20(13-6-3-4-7-13)17(21)11-10-14-15(18)8-5-9-16(14)19/h5,8-13H,3-4,6-7H2,1-2H3/b11-10+.